The van der Waals surface area contributed by atoms with Crippen LogP contribution in [0, 0.1) is 6.92 Å². The van der Waals surface area contributed by atoms with Crippen LogP contribution in [0.4, 0.5) is 0 Å². The lowest BCUT2D eigenvalue weighted by atomic mass is 10.0. The zero-order valence-corrected chi connectivity index (χ0v) is 13.1. The van der Waals surface area contributed by atoms with E-state index in [0.717, 1.165) is 30.2 Å². The van der Waals surface area contributed by atoms with Gasteiger partial charge in [-0.15, -0.1) is 0 Å². The summed E-state index contributed by atoms with van der Waals surface area (Å²) in [6.45, 7) is 5.24. The maximum absolute atomic E-state index is 6.19. The van der Waals surface area contributed by atoms with Crippen molar-refractivity contribution in [3.8, 4) is 0 Å². The fourth-order valence-corrected chi connectivity index (χ4v) is 2.67. The van der Waals surface area contributed by atoms with Crippen molar-refractivity contribution in [1.82, 2.24) is 14.9 Å². The Kier molecular flexibility index (Phi) is 5.21. The third-order valence-corrected chi connectivity index (χ3v) is 3.63. The van der Waals surface area contributed by atoms with Crippen molar-refractivity contribution < 1.29 is 0 Å². The molecule has 0 amide bonds. The molecule has 1 atom stereocenters. The average Bonchev–Trinajstić information content (AvgIpc) is 2.78. The number of aryl methyl sites for hydroxylation is 2. The predicted octanol–water partition coefficient (Wildman–Crippen LogP) is 3.67. The summed E-state index contributed by atoms with van der Waals surface area (Å²) in [6.07, 6.45) is 5.80. The van der Waals surface area contributed by atoms with E-state index in [9.17, 15) is 0 Å². The molecule has 1 unspecified atom stereocenters. The molecule has 2 aromatic rings. The standard InChI is InChI=1S/C16H22ClN3/c1-4-5-18-15(11-16-19-6-7-20(16)3)13-8-12(2)9-14(17)10-13/h6-10,15,18H,4-5,11H2,1-3H3. The Balaban J connectivity index is 2.24. The third kappa shape index (κ3) is 3.84. The molecule has 1 aromatic carbocycles. The van der Waals surface area contributed by atoms with Gasteiger partial charge in [-0.05, 0) is 43.1 Å². The van der Waals surface area contributed by atoms with Crippen LogP contribution < -0.4 is 5.32 Å². The van der Waals surface area contributed by atoms with Gasteiger partial charge in [-0.2, -0.15) is 0 Å². The molecule has 1 N–H and O–H groups in total. The van der Waals surface area contributed by atoms with Crippen LogP contribution in [-0.4, -0.2) is 16.1 Å². The van der Waals surface area contributed by atoms with Crippen molar-refractivity contribution >= 4 is 11.6 Å². The van der Waals surface area contributed by atoms with Gasteiger partial charge in [0.05, 0.1) is 0 Å². The van der Waals surface area contributed by atoms with Crippen LogP contribution in [0.1, 0.15) is 36.3 Å². The smallest absolute Gasteiger partial charge is 0.110 e. The second-order valence-electron chi connectivity index (χ2n) is 5.23. The van der Waals surface area contributed by atoms with E-state index in [1.165, 1.54) is 11.1 Å². The van der Waals surface area contributed by atoms with Gasteiger partial charge < -0.3 is 9.88 Å². The molecule has 1 aromatic heterocycles. The van der Waals surface area contributed by atoms with Crippen LogP contribution in [-0.2, 0) is 13.5 Å². The first-order valence-electron chi connectivity index (χ1n) is 7.07. The summed E-state index contributed by atoms with van der Waals surface area (Å²) in [6, 6.07) is 6.48. The number of nitrogens with one attached hydrogen (secondary N) is 1. The van der Waals surface area contributed by atoms with Crippen LogP contribution in [0.3, 0.4) is 0 Å². The van der Waals surface area contributed by atoms with Crippen molar-refractivity contribution in [2.45, 2.75) is 32.7 Å². The molecule has 0 radical (unpaired) electrons. The average molecular weight is 292 g/mol. The molecule has 0 spiro atoms. The van der Waals surface area contributed by atoms with Crippen LogP contribution in [0.15, 0.2) is 30.6 Å². The van der Waals surface area contributed by atoms with E-state index in [0.29, 0.717) is 0 Å². The van der Waals surface area contributed by atoms with E-state index < -0.39 is 0 Å². The molecule has 0 saturated heterocycles. The van der Waals surface area contributed by atoms with E-state index >= 15 is 0 Å². The minimum Gasteiger partial charge on any atom is -0.338 e. The zero-order valence-electron chi connectivity index (χ0n) is 12.4. The first-order chi connectivity index (χ1) is 9.60. The van der Waals surface area contributed by atoms with Crippen molar-refractivity contribution in [2.75, 3.05) is 6.54 Å². The molecule has 0 saturated carbocycles. The van der Waals surface area contributed by atoms with E-state index in [-0.39, 0.29) is 6.04 Å². The first-order valence-corrected chi connectivity index (χ1v) is 7.44. The Morgan fingerprint density at radius 1 is 1.35 bits per heavy atom. The van der Waals surface area contributed by atoms with Gasteiger partial charge in [-0.3, -0.25) is 0 Å². The molecule has 0 fully saturated rings. The number of nitrogens with zero attached hydrogens (tertiary/aromatic N) is 2. The van der Waals surface area contributed by atoms with Crippen LogP contribution >= 0.6 is 11.6 Å². The van der Waals surface area contributed by atoms with E-state index in [1.807, 2.05) is 31.6 Å². The second kappa shape index (κ2) is 6.91. The van der Waals surface area contributed by atoms with Gasteiger partial charge in [0.25, 0.3) is 0 Å². The molecule has 0 aliphatic carbocycles. The summed E-state index contributed by atoms with van der Waals surface area (Å²) >= 11 is 6.19. The minimum absolute atomic E-state index is 0.244. The van der Waals surface area contributed by atoms with Gasteiger partial charge >= 0.3 is 0 Å². The second-order valence-corrected chi connectivity index (χ2v) is 5.66. The number of imidazole rings is 1. The highest BCUT2D eigenvalue weighted by atomic mass is 35.5. The molecule has 2 rings (SSSR count). The fraction of sp³-hybridized carbons (Fsp3) is 0.438. The molecule has 20 heavy (non-hydrogen) atoms. The fourth-order valence-electron chi connectivity index (χ4n) is 2.37. The van der Waals surface area contributed by atoms with Crippen molar-refractivity contribution in [3.63, 3.8) is 0 Å². The molecule has 1 heterocycles. The van der Waals surface area contributed by atoms with E-state index in [2.05, 4.69) is 34.8 Å². The van der Waals surface area contributed by atoms with Gasteiger partial charge in [0.2, 0.25) is 0 Å². The van der Waals surface area contributed by atoms with Crippen molar-refractivity contribution in [2.24, 2.45) is 7.05 Å². The summed E-state index contributed by atoms with van der Waals surface area (Å²) in [7, 11) is 2.03. The summed E-state index contributed by atoms with van der Waals surface area (Å²) in [4.78, 5) is 4.42. The van der Waals surface area contributed by atoms with Gasteiger partial charge in [-0.1, -0.05) is 24.6 Å². The highest BCUT2D eigenvalue weighted by Crippen LogP contribution is 2.23. The lowest BCUT2D eigenvalue weighted by Crippen LogP contribution is -2.25. The highest BCUT2D eigenvalue weighted by molar-refractivity contribution is 6.30. The van der Waals surface area contributed by atoms with E-state index in [4.69, 9.17) is 11.6 Å². The Morgan fingerprint density at radius 2 is 2.15 bits per heavy atom. The van der Waals surface area contributed by atoms with Crippen molar-refractivity contribution in [1.29, 1.82) is 0 Å². The molecular formula is C16H22ClN3. The maximum Gasteiger partial charge on any atom is 0.110 e. The Bertz CT molecular complexity index is 542. The van der Waals surface area contributed by atoms with Gasteiger partial charge in [0.15, 0.2) is 0 Å². The third-order valence-electron chi connectivity index (χ3n) is 3.42. The quantitative estimate of drug-likeness (QED) is 0.880. The summed E-state index contributed by atoms with van der Waals surface area (Å²) in [5.41, 5.74) is 2.42. The van der Waals surface area contributed by atoms with Crippen LogP contribution in [0.2, 0.25) is 5.02 Å². The number of rotatable bonds is 6. The first kappa shape index (κ1) is 15.1. The number of halogens is 1. The lowest BCUT2D eigenvalue weighted by Gasteiger charge is -2.19. The zero-order chi connectivity index (χ0) is 14.5. The van der Waals surface area contributed by atoms with Crippen molar-refractivity contribution in [3.05, 3.63) is 52.6 Å². The lowest BCUT2D eigenvalue weighted by molar-refractivity contribution is 0.512. The summed E-state index contributed by atoms with van der Waals surface area (Å²) in [5.74, 6) is 1.08. The molecule has 0 aliphatic rings. The Morgan fingerprint density at radius 3 is 2.75 bits per heavy atom. The van der Waals surface area contributed by atoms with Gasteiger partial charge in [-0.25, -0.2) is 4.98 Å². The summed E-state index contributed by atoms with van der Waals surface area (Å²) in [5, 5.41) is 4.39. The highest BCUT2D eigenvalue weighted by Gasteiger charge is 2.15. The number of hydrogen-bond donors (Lipinski definition) is 1. The Labute approximate surface area is 126 Å². The Hall–Kier alpha value is -1.32. The monoisotopic (exact) mass is 291 g/mol. The minimum atomic E-state index is 0.244. The van der Waals surface area contributed by atoms with Gasteiger partial charge in [0.1, 0.15) is 5.82 Å². The molecule has 108 valence electrons. The van der Waals surface area contributed by atoms with Gasteiger partial charge in [0, 0.05) is 36.9 Å². The van der Waals surface area contributed by atoms with Crippen LogP contribution in [0.25, 0.3) is 0 Å². The SMILES string of the molecule is CCCNC(Cc1nccn1C)c1cc(C)cc(Cl)c1. The molecule has 4 heteroatoms. The maximum atomic E-state index is 6.19. The number of aromatic nitrogens is 2. The van der Waals surface area contributed by atoms with Crippen LogP contribution in [0.5, 0.6) is 0 Å². The molecular weight excluding hydrogens is 270 g/mol. The largest absolute Gasteiger partial charge is 0.338 e. The molecule has 0 bridgehead atoms. The van der Waals surface area contributed by atoms with E-state index in [1.54, 1.807) is 0 Å². The predicted molar refractivity (Wildman–Crippen MR) is 84.1 cm³/mol. The topological polar surface area (TPSA) is 29.9 Å². The molecule has 0 aliphatic heterocycles. The molecule has 3 nitrogen and oxygen atoms in total. The number of hydrogen-bond acceptors (Lipinski definition) is 2. The summed E-state index contributed by atoms with van der Waals surface area (Å²) < 4.78 is 2.07. The number of benzene rings is 1. The normalized spacial score (nSPS) is 12.6.